The number of nitrogens with one attached hydrogen (secondary N) is 1. The fraction of sp³-hybridized carbons (Fsp3) is 0.0667. The molecule has 0 radical (unpaired) electrons. The topological polar surface area (TPSA) is 92.0 Å². The van der Waals surface area contributed by atoms with Crippen LogP contribution < -0.4 is 5.73 Å². The summed E-state index contributed by atoms with van der Waals surface area (Å²) in [6, 6.07) is 12.4. The fourth-order valence-electron chi connectivity index (χ4n) is 1.97. The minimum absolute atomic E-state index is 0.294. The molecule has 0 unspecified atom stereocenters. The second kappa shape index (κ2) is 5.49. The molecule has 2 aromatic carbocycles. The van der Waals surface area contributed by atoms with E-state index in [2.05, 4.69) is 9.97 Å². The Bertz CT molecular complexity index is 796. The Balaban J connectivity index is 1.72. The van der Waals surface area contributed by atoms with Gasteiger partial charge in [0.25, 0.3) is 0 Å². The minimum Gasteiger partial charge on any atom is -0.478 e. The van der Waals surface area contributed by atoms with E-state index >= 15 is 0 Å². The highest BCUT2D eigenvalue weighted by Crippen LogP contribution is 2.24. The summed E-state index contributed by atoms with van der Waals surface area (Å²) in [5.41, 5.74) is 9.57. The third-order valence-corrected chi connectivity index (χ3v) is 4.01. The van der Waals surface area contributed by atoms with Gasteiger partial charge in [0, 0.05) is 11.4 Å². The number of carboxylic acids is 1. The second-order valence-corrected chi connectivity index (χ2v) is 5.57. The average Bonchev–Trinajstić information content (AvgIpc) is 2.87. The largest absolute Gasteiger partial charge is 0.478 e. The number of nitrogens with two attached hydrogens (primary N) is 1. The second-order valence-electron chi connectivity index (χ2n) is 4.61. The molecule has 0 bridgehead atoms. The van der Waals surface area contributed by atoms with Crippen LogP contribution in [-0.4, -0.2) is 21.0 Å². The van der Waals surface area contributed by atoms with Crippen LogP contribution in [-0.2, 0) is 5.75 Å². The van der Waals surface area contributed by atoms with Gasteiger partial charge in [-0.2, -0.15) is 0 Å². The molecular weight excluding hydrogens is 286 g/mol. The van der Waals surface area contributed by atoms with Crippen molar-refractivity contribution in [3.8, 4) is 0 Å². The van der Waals surface area contributed by atoms with E-state index in [0.717, 1.165) is 27.5 Å². The van der Waals surface area contributed by atoms with Gasteiger partial charge in [0.1, 0.15) is 0 Å². The summed E-state index contributed by atoms with van der Waals surface area (Å²) in [6.07, 6.45) is 0. The van der Waals surface area contributed by atoms with Crippen LogP contribution in [0.2, 0.25) is 0 Å². The molecule has 4 N–H and O–H groups in total. The Labute approximate surface area is 125 Å². The first-order valence-electron chi connectivity index (χ1n) is 6.32. The minimum atomic E-state index is -0.913. The lowest BCUT2D eigenvalue weighted by atomic mass is 10.1. The summed E-state index contributed by atoms with van der Waals surface area (Å²) >= 11 is 1.56. The van der Waals surface area contributed by atoms with E-state index in [1.165, 1.54) is 0 Å². The summed E-state index contributed by atoms with van der Waals surface area (Å²) in [5, 5.41) is 9.67. The molecule has 0 aliphatic rings. The lowest BCUT2D eigenvalue weighted by Crippen LogP contribution is -1.95. The normalized spacial score (nSPS) is 10.9. The molecule has 0 fully saturated rings. The van der Waals surface area contributed by atoms with E-state index in [0.29, 0.717) is 11.3 Å². The Morgan fingerprint density at radius 3 is 2.71 bits per heavy atom. The molecule has 0 saturated heterocycles. The van der Waals surface area contributed by atoms with Gasteiger partial charge in [-0.3, -0.25) is 0 Å². The smallest absolute Gasteiger partial charge is 0.335 e. The van der Waals surface area contributed by atoms with Gasteiger partial charge in [0.2, 0.25) is 0 Å². The lowest BCUT2D eigenvalue weighted by Gasteiger charge is -2.00. The number of imidazole rings is 1. The van der Waals surface area contributed by atoms with Gasteiger partial charge >= 0.3 is 5.97 Å². The monoisotopic (exact) mass is 299 g/mol. The van der Waals surface area contributed by atoms with Gasteiger partial charge in [-0.15, -0.1) is 0 Å². The summed E-state index contributed by atoms with van der Waals surface area (Å²) in [5.74, 6) is -0.195. The molecule has 0 amide bonds. The fourth-order valence-corrected chi connectivity index (χ4v) is 2.81. The van der Waals surface area contributed by atoms with Crippen LogP contribution >= 0.6 is 11.8 Å². The predicted molar refractivity (Wildman–Crippen MR) is 83.5 cm³/mol. The first-order valence-corrected chi connectivity index (χ1v) is 7.30. The van der Waals surface area contributed by atoms with Crippen LogP contribution in [0.15, 0.2) is 47.6 Å². The van der Waals surface area contributed by atoms with Crippen molar-refractivity contribution >= 4 is 34.5 Å². The Morgan fingerprint density at radius 1 is 1.24 bits per heavy atom. The van der Waals surface area contributed by atoms with Crippen LogP contribution in [0.25, 0.3) is 11.0 Å². The molecule has 0 atom stereocenters. The standard InChI is InChI=1S/C15H13N3O2S/c16-11-5-6-12-13(7-11)18-15(17-12)21-8-9-1-3-10(4-2-9)14(19)20/h1-7H,8,16H2,(H,17,18)(H,19,20). The third kappa shape index (κ3) is 3.00. The zero-order valence-corrected chi connectivity index (χ0v) is 11.9. The van der Waals surface area contributed by atoms with Gasteiger partial charge in [0.05, 0.1) is 16.6 Å². The highest BCUT2D eigenvalue weighted by Gasteiger charge is 2.05. The maximum Gasteiger partial charge on any atom is 0.335 e. The number of thioether (sulfide) groups is 1. The van der Waals surface area contributed by atoms with E-state index in [1.54, 1.807) is 23.9 Å². The van der Waals surface area contributed by atoms with Gasteiger partial charge < -0.3 is 15.8 Å². The van der Waals surface area contributed by atoms with Crippen molar-refractivity contribution in [2.24, 2.45) is 0 Å². The lowest BCUT2D eigenvalue weighted by molar-refractivity contribution is 0.0697. The van der Waals surface area contributed by atoms with Gasteiger partial charge in [-0.25, -0.2) is 9.78 Å². The molecule has 3 aromatic rings. The third-order valence-electron chi connectivity index (χ3n) is 3.06. The number of carboxylic acid groups (broad SMARTS) is 1. The maximum atomic E-state index is 10.8. The van der Waals surface area contributed by atoms with Crippen molar-refractivity contribution in [1.82, 2.24) is 9.97 Å². The summed E-state index contributed by atoms with van der Waals surface area (Å²) in [4.78, 5) is 18.5. The molecular formula is C15H13N3O2S. The zero-order chi connectivity index (χ0) is 14.8. The van der Waals surface area contributed by atoms with Crippen molar-refractivity contribution in [3.63, 3.8) is 0 Å². The quantitative estimate of drug-likeness (QED) is 0.508. The number of anilines is 1. The molecule has 5 nitrogen and oxygen atoms in total. The van der Waals surface area contributed by atoms with E-state index in [9.17, 15) is 4.79 Å². The maximum absolute atomic E-state index is 10.8. The number of nitrogens with zero attached hydrogens (tertiary/aromatic N) is 1. The number of aromatic carboxylic acids is 1. The number of aromatic nitrogens is 2. The number of aromatic amines is 1. The van der Waals surface area contributed by atoms with Crippen molar-refractivity contribution in [2.75, 3.05) is 5.73 Å². The van der Waals surface area contributed by atoms with Crippen molar-refractivity contribution in [3.05, 3.63) is 53.6 Å². The molecule has 106 valence electrons. The van der Waals surface area contributed by atoms with E-state index in [1.807, 2.05) is 30.3 Å². The molecule has 3 rings (SSSR count). The molecule has 1 heterocycles. The molecule has 6 heteroatoms. The van der Waals surface area contributed by atoms with Crippen LogP contribution in [0.4, 0.5) is 5.69 Å². The van der Waals surface area contributed by atoms with Gasteiger partial charge in [0.15, 0.2) is 5.16 Å². The number of fused-ring (bicyclic) bond motifs is 1. The van der Waals surface area contributed by atoms with Crippen molar-refractivity contribution < 1.29 is 9.90 Å². The Hall–Kier alpha value is -2.47. The molecule has 0 aliphatic heterocycles. The molecule has 1 aromatic heterocycles. The highest BCUT2D eigenvalue weighted by atomic mass is 32.2. The van der Waals surface area contributed by atoms with Gasteiger partial charge in [-0.05, 0) is 35.9 Å². The number of carbonyl (C=O) groups is 1. The molecule has 21 heavy (non-hydrogen) atoms. The first-order chi connectivity index (χ1) is 10.1. The Kier molecular flexibility index (Phi) is 3.53. The Morgan fingerprint density at radius 2 is 2.00 bits per heavy atom. The molecule has 0 spiro atoms. The summed E-state index contributed by atoms with van der Waals surface area (Å²) < 4.78 is 0. The van der Waals surface area contributed by atoms with Crippen LogP contribution in [0.1, 0.15) is 15.9 Å². The number of hydrogen-bond acceptors (Lipinski definition) is 4. The number of H-pyrrole nitrogens is 1. The highest BCUT2D eigenvalue weighted by molar-refractivity contribution is 7.98. The average molecular weight is 299 g/mol. The van der Waals surface area contributed by atoms with Gasteiger partial charge in [-0.1, -0.05) is 23.9 Å². The van der Waals surface area contributed by atoms with E-state index < -0.39 is 5.97 Å². The van der Waals surface area contributed by atoms with Crippen molar-refractivity contribution in [1.29, 1.82) is 0 Å². The zero-order valence-electron chi connectivity index (χ0n) is 11.0. The predicted octanol–water partition coefficient (Wildman–Crippen LogP) is 3.14. The number of benzene rings is 2. The van der Waals surface area contributed by atoms with E-state index in [-0.39, 0.29) is 0 Å². The molecule has 0 aliphatic carbocycles. The molecule has 0 saturated carbocycles. The summed E-state index contributed by atoms with van der Waals surface area (Å²) in [6.45, 7) is 0. The van der Waals surface area contributed by atoms with Crippen LogP contribution in [0.5, 0.6) is 0 Å². The van der Waals surface area contributed by atoms with Crippen molar-refractivity contribution in [2.45, 2.75) is 10.9 Å². The summed E-state index contributed by atoms with van der Waals surface area (Å²) in [7, 11) is 0. The SMILES string of the molecule is Nc1ccc2nc(SCc3ccc(C(=O)O)cc3)[nH]c2c1. The van der Waals surface area contributed by atoms with Crippen LogP contribution in [0.3, 0.4) is 0 Å². The number of rotatable bonds is 4. The van der Waals surface area contributed by atoms with E-state index in [4.69, 9.17) is 10.8 Å². The first kappa shape index (κ1) is 13.5. The van der Waals surface area contributed by atoms with Crippen LogP contribution in [0, 0.1) is 0 Å². The number of hydrogen-bond donors (Lipinski definition) is 3. The number of nitrogen functional groups attached to an aromatic ring is 1.